The monoisotopic (exact) mass is 323 g/mol. The lowest BCUT2D eigenvalue weighted by Crippen LogP contribution is -2.27. The van der Waals surface area contributed by atoms with Crippen molar-refractivity contribution in [3.8, 4) is 0 Å². The number of nitrogens with one attached hydrogen (secondary N) is 1. The third-order valence-corrected chi connectivity index (χ3v) is 5.13. The summed E-state index contributed by atoms with van der Waals surface area (Å²) in [5, 5.41) is 8.19. The topological polar surface area (TPSA) is 51.0 Å². The van der Waals surface area contributed by atoms with E-state index in [1.54, 1.807) is 11.8 Å². The number of likely N-dealkylation sites (N-methyl/N-ethyl adjacent to an activating group) is 1. The van der Waals surface area contributed by atoms with E-state index >= 15 is 0 Å². The van der Waals surface area contributed by atoms with Gasteiger partial charge in [-0.05, 0) is 44.2 Å². The van der Waals surface area contributed by atoms with Gasteiger partial charge in [0.25, 0.3) is 0 Å². The Hall–Kier alpha value is -1.04. The molecule has 0 spiro atoms. The second-order valence-corrected chi connectivity index (χ2v) is 6.71. The Bertz CT molecular complexity index is 587. The SMILES string of the molecule is CNC1CCCC1c1nc(CSc2ccc(Cl)cc2)no1. The number of benzene rings is 1. The lowest BCUT2D eigenvalue weighted by Gasteiger charge is -2.14. The molecule has 1 aliphatic rings. The molecule has 1 saturated carbocycles. The van der Waals surface area contributed by atoms with Crippen LogP contribution < -0.4 is 5.32 Å². The predicted octanol–water partition coefficient (Wildman–Crippen LogP) is 3.87. The first-order chi connectivity index (χ1) is 10.3. The van der Waals surface area contributed by atoms with Crippen LogP contribution in [0.4, 0.5) is 0 Å². The molecular weight excluding hydrogens is 306 g/mol. The van der Waals surface area contributed by atoms with Crippen LogP contribution in [0.25, 0.3) is 0 Å². The van der Waals surface area contributed by atoms with Crippen molar-refractivity contribution in [2.45, 2.75) is 41.9 Å². The second-order valence-electron chi connectivity index (χ2n) is 5.22. The molecule has 1 fully saturated rings. The fraction of sp³-hybridized carbons (Fsp3) is 0.467. The van der Waals surface area contributed by atoms with Crippen LogP contribution >= 0.6 is 23.4 Å². The number of thioether (sulfide) groups is 1. The average Bonchev–Trinajstić information content (AvgIpc) is 3.15. The highest BCUT2D eigenvalue weighted by atomic mass is 35.5. The molecule has 1 N–H and O–H groups in total. The molecule has 0 amide bonds. The summed E-state index contributed by atoms with van der Waals surface area (Å²) in [6.07, 6.45) is 3.52. The Kier molecular flexibility index (Phi) is 4.83. The van der Waals surface area contributed by atoms with Gasteiger partial charge in [0.2, 0.25) is 5.89 Å². The smallest absolute Gasteiger partial charge is 0.231 e. The summed E-state index contributed by atoms with van der Waals surface area (Å²) in [5.74, 6) is 2.60. The zero-order chi connectivity index (χ0) is 14.7. The van der Waals surface area contributed by atoms with Gasteiger partial charge in [0.15, 0.2) is 5.82 Å². The molecule has 2 aromatic rings. The van der Waals surface area contributed by atoms with Gasteiger partial charge < -0.3 is 9.84 Å². The number of halogens is 1. The van der Waals surface area contributed by atoms with Gasteiger partial charge in [-0.2, -0.15) is 4.98 Å². The van der Waals surface area contributed by atoms with Crippen LogP contribution in [0.15, 0.2) is 33.7 Å². The lowest BCUT2D eigenvalue weighted by atomic mass is 10.0. The molecule has 21 heavy (non-hydrogen) atoms. The standard InChI is InChI=1S/C15H18ClN3OS/c1-17-13-4-2-3-12(13)15-18-14(19-20-15)9-21-11-7-5-10(16)6-8-11/h5-8,12-13,17H,2-4,9H2,1H3. The number of nitrogens with zero attached hydrogens (tertiary/aromatic N) is 2. The molecule has 2 unspecified atom stereocenters. The van der Waals surface area contributed by atoms with E-state index in [0.29, 0.717) is 17.7 Å². The summed E-state index contributed by atoms with van der Waals surface area (Å²) < 4.78 is 5.45. The molecule has 1 aromatic heterocycles. The van der Waals surface area contributed by atoms with Crippen molar-refractivity contribution in [3.05, 3.63) is 41.0 Å². The molecule has 4 nitrogen and oxygen atoms in total. The normalized spacial score (nSPS) is 21.8. The number of rotatable bonds is 5. The average molecular weight is 324 g/mol. The van der Waals surface area contributed by atoms with E-state index in [1.165, 1.54) is 12.8 Å². The fourth-order valence-corrected chi connectivity index (χ4v) is 3.62. The number of hydrogen-bond donors (Lipinski definition) is 1. The van der Waals surface area contributed by atoms with E-state index in [1.807, 2.05) is 31.3 Å². The maximum atomic E-state index is 5.88. The molecule has 1 aromatic carbocycles. The van der Waals surface area contributed by atoms with Crippen molar-refractivity contribution in [1.29, 1.82) is 0 Å². The van der Waals surface area contributed by atoms with Crippen LogP contribution in [0.3, 0.4) is 0 Å². The Balaban J connectivity index is 1.61. The van der Waals surface area contributed by atoms with Gasteiger partial charge in [0.1, 0.15) is 0 Å². The molecule has 0 bridgehead atoms. The summed E-state index contributed by atoms with van der Waals surface area (Å²) >= 11 is 7.56. The minimum absolute atomic E-state index is 0.358. The highest BCUT2D eigenvalue weighted by Crippen LogP contribution is 2.34. The first-order valence-electron chi connectivity index (χ1n) is 7.14. The van der Waals surface area contributed by atoms with Gasteiger partial charge >= 0.3 is 0 Å². The molecule has 0 radical (unpaired) electrons. The summed E-state index contributed by atoms with van der Waals surface area (Å²) in [5.41, 5.74) is 0. The lowest BCUT2D eigenvalue weighted by molar-refractivity contribution is 0.333. The molecule has 6 heteroatoms. The van der Waals surface area contributed by atoms with E-state index in [4.69, 9.17) is 16.1 Å². The molecule has 3 rings (SSSR count). The van der Waals surface area contributed by atoms with E-state index in [2.05, 4.69) is 15.5 Å². The molecule has 1 heterocycles. The summed E-state index contributed by atoms with van der Waals surface area (Å²) in [4.78, 5) is 5.71. The maximum Gasteiger partial charge on any atom is 0.231 e. The highest BCUT2D eigenvalue weighted by molar-refractivity contribution is 7.98. The molecule has 1 aliphatic carbocycles. The zero-order valence-corrected chi connectivity index (χ0v) is 13.5. The Morgan fingerprint density at radius 3 is 2.90 bits per heavy atom. The van der Waals surface area contributed by atoms with Gasteiger partial charge in [0, 0.05) is 16.0 Å². The van der Waals surface area contributed by atoms with E-state index in [9.17, 15) is 0 Å². The zero-order valence-electron chi connectivity index (χ0n) is 11.9. The molecule has 0 saturated heterocycles. The molecular formula is C15H18ClN3OS. The summed E-state index contributed by atoms with van der Waals surface area (Å²) in [7, 11) is 2.00. The maximum absolute atomic E-state index is 5.88. The Morgan fingerprint density at radius 1 is 1.33 bits per heavy atom. The predicted molar refractivity (Wildman–Crippen MR) is 84.8 cm³/mol. The summed E-state index contributed by atoms with van der Waals surface area (Å²) in [6, 6.07) is 8.25. The quantitative estimate of drug-likeness (QED) is 0.846. The minimum atomic E-state index is 0.358. The van der Waals surface area contributed by atoms with Crippen molar-refractivity contribution in [3.63, 3.8) is 0 Å². The van der Waals surface area contributed by atoms with Crippen LogP contribution in [0.1, 0.15) is 36.9 Å². The minimum Gasteiger partial charge on any atom is -0.339 e. The van der Waals surface area contributed by atoms with Crippen molar-refractivity contribution in [2.24, 2.45) is 0 Å². The number of hydrogen-bond acceptors (Lipinski definition) is 5. The highest BCUT2D eigenvalue weighted by Gasteiger charge is 2.31. The first-order valence-corrected chi connectivity index (χ1v) is 8.50. The van der Waals surface area contributed by atoms with Gasteiger partial charge in [-0.25, -0.2) is 0 Å². The van der Waals surface area contributed by atoms with Gasteiger partial charge in [-0.3, -0.25) is 0 Å². The van der Waals surface area contributed by atoms with E-state index in [0.717, 1.165) is 28.1 Å². The van der Waals surface area contributed by atoms with Crippen molar-refractivity contribution >= 4 is 23.4 Å². The van der Waals surface area contributed by atoms with Crippen molar-refractivity contribution in [2.75, 3.05) is 7.05 Å². The summed E-state index contributed by atoms with van der Waals surface area (Å²) in [6.45, 7) is 0. The molecule has 0 aliphatic heterocycles. The van der Waals surface area contributed by atoms with E-state index < -0.39 is 0 Å². The Labute approximate surface area is 133 Å². The van der Waals surface area contributed by atoms with Gasteiger partial charge in [-0.1, -0.05) is 23.2 Å². The third-order valence-electron chi connectivity index (χ3n) is 3.87. The largest absolute Gasteiger partial charge is 0.339 e. The van der Waals surface area contributed by atoms with Crippen LogP contribution in [-0.2, 0) is 5.75 Å². The molecule has 2 atom stereocenters. The Morgan fingerprint density at radius 2 is 2.14 bits per heavy atom. The van der Waals surface area contributed by atoms with Crippen molar-refractivity contribution < 1.29 is 4.52 Å². The first kappa shape index (κ1) is 14.9. The van der Waals surface area contributed by atoms with Crippen LogP contribution in [0, 0.1) is 0 Å². The van der Waals surface area contributed by atoms with Gasteiger partial charge in [0.05, 0.1) is 11.7 Å². The third kappa shape index (κ3) is 3.59. The van der Waals surface area contributed by atoms with Gasteiger partial charge in [-0.15, -0.1) is 11.8 Å². The number of aromatic nitrogens is 2. The fourth-order valence-electron chi connectivity index (χ4n) is 2.76. The second kappa shape index (κ2) is 6.81. The van der Waals surface area contributed by atoms with Crippen LogP contribution in [-0.4, -0.2) is 23.2 Å². The molecule has 112 valence electrons. The van der Waals surface area contributed by atoms with Crippen molar-refractivity contribution in [1.82, 2.24) is 15.5 Å². The van der Waals surface area contributed by atoms with Crippen LogP contribution in [0.5, 0.6) is 0 Å². The van der Waals surface area contributed by atoms with E-state index in [-0.39, 0.29) is 0 Å². The van der Waals surface area contributed by atoms with Crippen LogP contribution in [0.2, 0.25) is 5.02 Å².